The van der Waals surface area contributed by atoms with Crippen molar-refractivity contribution in [3.05, 3.63) is 100 Å². The first-order valence-electron chi connectivity index (χ1n) is 13.4. The third-order valence-electron chi connectivity index (χ3n) is 7.59. The van der Waals surface area contributed by atoms with Crippen molar-refractivity contribution in [2.24, 2.45) is 0 Å². The van der Waals surface area contributed by atoms with Gasteiger partial charge in [0.25, 0.3) is 5.91 Å². The number of nitrogens with one attached hydrogen (secondary N) is 1. The molecule has 4 heterocycles. The van der Waals surface area contributed by atoms with E-state index in [9.17, 15) is 23.5 Å². The lowest BCUT2D eigenvalue weighted by Gasteiger charge is -2.16. The molecule has 1 amide bonds. The lowest BCUT2D eigenvalue weighted by atomic mass is 10.0. The third-order valence-corrected chi connectivity index (χ3v) is 8.38. The van der Waals surface area contributed by atoms with Crippen LogP contribution in [0, 0.1) is 11.6 Å². The van der Waals surface area contributed by atoms with Crippen molar-refractivity contribution < 1.29 is 23.5 Å². The summed E-state index contributed by atoms with van der Waals surface area (Å²) in [6, 6.07) is 13.4. The lowest BCUT2D eigenvalue weighted by molar-refractivity contribution is 0.0931. The number of rotatable bonds is 6. The molecular formula is C31H21F2N7O3S. The molecule has 218 valence electrons. The number of phenols is 1. The van der Waals surface area contributed by atoms with Gasteiger partial charge in [0.15, 0.2) is 29.3 Å². The van der Waals surface area contributed by atoms with Crippen molar-refractivity contribution in [1.82, 2.24) is 29.8 Å². The fourth-order valence-corrected chi connectivity index (χ4v) is 6.09. The molecule has 0 saturated carbocycles. The maximum atomic E-state index is 14.5. The molecule has 2 aromatic carbocycles. The van der Waals surface area contributed by atoms with Gasteiger partial charge in [-0.05, 0) is 66.4 Å². The molecule has 4 N–H and O–H groups in total. The van der Waals surface area contributed by atoms with Crippen molar-refractivity contribution in [1.29, 1.82) is 0 Å². The number of aromatic hydroxyl groups is 1. The van der Waals surface area contributed by atoms with Gasteiger partial charge in [-0.3, -0.25) is 14.2 Å². The molecule has 0 spiro atoms. The first-order chi connectivity index (χ1) is 21.3. The standard InChI is InChI=1S/C31H21F2N7O3S/c32-24-20(13-16(14-41)26(42)25(24)33)30(43)39-21-6-3-15-12-17(4-5-18(15)21)40-28(19-2-1-9-35-27(19)34)37-22-7-8-23(38-29(22)40)31-36-10-11-44-31/h1-2,4-5,7-14,21,42H,3,6H2,(H2,34,35)(H,39,43)/t21-/m0/s1. The molecular weight excluding hydrogens is 588 g/mol. The number of hydrogen-bond donors (Lipinski definition) is 3. The normalized spacial score (nSPS) is 14.1. The van der Waals surface area contributed by atoms with E-state index in [-0.39, 0.29) is 6.29 Å². The second-order valence-corrected chi connectivity index (χ2v) is 11.0. The zero-order valence-corrected chi connectivity index (χ0v) is 23.5. The number of hydrogen-bond acceptors (Lipinski definition) is 9. The van der Waals surface area contributed by atoms with E-state index in [4.69, 9.17) is 15.7 Å². The number of nitrogen functional groups attached to an aromatic ring is 1. The number of carbonyl (C=O) groups excluding carboxylic acids is 2. The number of amides is 1. The summed E-state index contributed by atoms with van der Waals surface area (Å²) >= 11 is 1.47. The van der Waals surface area contributed by atoms with Crippen LogP contribution in [0.1, 0.15) is 44.3 Å². The van der Waals surface area contributed by atoms with Crippen LogP contribution < -0.4 is 11.1 Å². The summed E-state index contributed by atoms with van der Waals surface area (Å²) in [5, 5.41) is 15.0. The fraction of sp³-hybridized carbons (Fsp3) is 0.0968. The number of halogens is 2. The highest BCUT2D eigenvalue weighted by Gasteiger charge is 2.29. The number of nitrogens with two attached hydrogens (primary N) is 1. The number of aryl methyl sites for hydroxylation is 1. The molecule has 13 heteroatoms. The van der Waals surface area contributed by atoms with Gasteiger partial charge in [-0.25, -0.2) is 24.3 Å². The Labute approximate surface area is 251 Å². The Kier molecular flexibility index (Phi) is 6.58. The summed E-state index contributed by atoms with van der Waals surface area (Å²) in [5.41, 5.74) is 10.1. The number of aldehydes is 1. The maximum Gasteiger partial charge on any atom is 0.254 e. The van der Waals surface area contributed by atoms with Crippen LogP contribution in [0.4, 0.5) is 14.6 Å². The Morgan fingerprint density at radius 1 is 1.09 bits per heavy atom. The maximum absolute atomic E-state index is 14.5. The van der Waals surface area contributed by atoms with E-state index in [1.807, 2.05) is 46.3 Å². The van der Waals surface area contributed by atoms with Crippen LogP contribution in [0.5, 0.6) is 5.75 Å². The molecule has 1 aliphatic rings. The fourth-order valence-electron chi connectivity index (χ4n) is 5.48. The molecule has 0 fully saturated rings. The van der Waals surface area contributed by atoms with Crippen LogP contribution in [0.3, 0.4) is 0 Å². The Morgan fingerprint density at radius 3 is 2.73 bits per heavy atom. The van der Waals surface area contributed by atoms with Crippen LogP contribution in [0.15, 0.2) is 66.3 Å². The van der Waals surface area contributed by atoms with E-state index >= 15 is 0 Å². The second-order valence-electron chi connectivity index (χ2n) is 10.1. The molecule has 1 aliphatic carbocycles. The smallest absolute Gasteiger partial charge is 0.254 e. The monoisotopic (exact) mass is 609 g/mol. The number of fused-ring (bicyclic) bond motifs is 2. The molecule has 0 bridgehead atoms. The number of aromatic nitrogens is 5. The topological polar surface area (TPSA) is 149 Å². The van der Waals surface area contributed by atoms with Gasteiger partial charge in [-0.15, -0.1) is 11.3 Å². The van der Waals surface area contributed by atoms with Crippen LogP contribution in [-0.2, 0) is 6.42 Å². The highest BCUT2D eigenvalue weighted by Crippen LogP contribution is 2.37. The summed E-state index contributed by atoms with van der Waals surface area (Å²) in [6.07, 6.45) is 4.58. The van der Waals surface area contributed by atoms with Crippen LogP contribution >= 0.6 is 11.3 Å². The summed E-state index contributed by atoms with van der Waals surface area (Å²) in [7, 11) is 0. The van der Waals surface area contributed by atoms with E-state index < -0.39 is 40.5 Å². The first-order valence-corrected chi connectivity index (χ1v) is 14.3. The molecule has 0 aliphatic heterocycles. The second kappa shape index (κ2) is 10.6. The van der Waals surface area contributed by atoms with Crippen molar-refractivity contribution >= 4 is 40.5 Å². The minimum Gasteiger partial charge on any atom is -0.504 e. The average molecular weight is 610 g/mol. The van der Waals surface area contributed by atoms with E-state index in [1.54, 1.807) is 18.5 Å². The van der Waals surface area contributed by atoms with Gasteiger partial charge in [-0.1, -0.05) is 6.07 Å². The number of phenolic OH excluding ortho intramolecular Hbond substituents is 1. The Bertz CT molecular complexity index is 2110. The SMILES string of the molecule is Nc1ncccc1-c1nc2ccc(-c3nccs3)nc2n1-c1ccc2c(c1)CC[C@@H]2NC(=O)c1cc(C=O)c(O)c(F)c1F. The number of carbonyl (C=O) groups is 2. The van der Waals surface area contributed by atoms with E-state index in [0.717, 1.165) is 27.9 Å². The molecule has 10 nitrogen and oxygen atoms in total. The van der Waals surface area contributed by atoms with Gasteiger partial charge >= 0.3 is 0 Å². The zero-order valence-electron chi connectivity index (χ0n) is 22.7. The Balaban J connectivity index is 1.29. The Morgan fingerprint density at radius 2 is 1.95 bits per heavy atom. The molecule has 6 aromatic rings. The van der Waals surface area contributed by atoms with E-state index in [0.29, 0.717) is 46.9 Å². The number of anilines is 1. The summed E-state index contributed by atoms with van der Waals surface area (Å²) < 4.78 is 30.6. The molecule has 0 unspecified atom stereocenters. The number of pyridine rings is 2. The number of thiazole rings is 1. The molecule has 4 aromatic heterocycles. The Hall–Kier alpha value is -5.56. The third kappa shape index (κ3) is 4.45. The van der Waals surface area contributed by atoms with Crippen molar-refractivity contribution in [3.8, 4) is 33.5 Å². The number of benzene rings is 2. The summed E-state index contributed by atoms with van der Waals surface area (Å²) in [4.78, 5) is 42.6. The van der Waals surface area contributed by atoms with Gasteiger partial charge < -0.3 is 16.2 Å². The van der Waals surface area contributed by atoms with Crippen LogP contribution in [0.2, 0.25) is 0 Å². The zero-order chi connectivity index (χ0) is 30.5. The molecule has 0 saturated heterocycles. The van der Waals surface area contributed by atoms with Crippen LogP contribution in [0.25, 0.3) is 38.9 Å². The van der Waals surface area contributed by atoms with Gasteiger partial charge in [0.05, 0.1) is 22.7 Å². The predicted molar refractivity (Wildman–Crippen MR) is 160 cm³/mol. The first kappa shape index (κ1) is 27.3. The molecule has 1 atom stereocenters. The highest BCUT2D eigenvalue weighted by atomic mass is 32.1. The average Bonchev–Trinajstić information content (AvgIpc) is 3.79. The largest absolute Gasteiger partial charge is 0.504 e. The minimum absolute atomic E-state index is 0.156. The molecule has 7 rings (SSSR count). The van der Waals surface area contributed by atoms with Crippen molar-refractivity contribution in [2.75, 3.05) is 5.73 Å². The van der Waals surface area contributed by atoms with E-state index in [1.165, 1.54) is 11.3 Å². The highest BCUT2D eigenvalue weighted by molar-refractivity contribution is 7.13. The van der Waals surface area contributed by atoms with Gasteiger partial charge in [0, 0.05) is 23.5 Å². The number of nitrogens with zero attached hydrogens (tertiary/aromatic N) is 5. The van der Waals surface area contributed by atoms with Crippen molar-refractivity contribution in [3.63, 3.8) is 0 Å². The lowest BCUT2D eigenvalue weighted by Crippen LogP contribution is -2.28. The van der Waals surface area contributed by atoms with Gasteiger partial charge in [0.2, 0.25) is 5.82 Å². The summed E-state index contributed by atoms with van der Waals surface area (Å²) in [6.45, 7) is 0. The minimum atomic E-state index is -1.65. The molecule has 44 heavy (non-hydrogen) atoms. The van der Waals surface area contributed by atoms with E-state index in [2.05, 4.69) is 15.3 Å². The van der Waals surface area contributed by atoms with Crippen molar-refractivity contribution in [2.45, 2.75) is 18.9 Å². The van der Waals surface area contributed by atoms with Crippen LogP contribution in [-0.4, -0.2) is 41.8 Å². The quantitative estimate of drug-likeness (QED) is 0.213. The van der Waals surface area contributed by atoms with Gasteiger partial charge in [0.1, 0.15) is 22.0 Å². The van der Waals surface area contributed by atoms with Gasteiger partial charge in [-0.2, -0.15) is 4.39 Å². The molecule has 0 radical (unpaired) electrons. The number of imidazole rings is 1. The summed E-state index contributed by atoms with van der Waals surface area (Å²) in [5.74, 6) is -4.36. The predicted octanol–water partition coefficient (Wildman–Crippen LogP) is 5.40.